The van der Waals surface area contributed by atoms with Crippen molar-refractivity contribution in [3.63, 3.8) is 0 Å². The lowest BCUT2D eigenvalue weighted by atomic mass is 9.98. The molecule has 1 saturated heterocycles. The molecule has 1 aliphatic rings. The Morgan fingerprint density at radius 3 is 2.81 bits per heavy atom. The van der Waals surface area contributed by atoms with E-state index in [9.17, 15) is 4.79 Å². The summed E-state index contributed by atoms with van der Waals surface area (Å²) in [5, 5.41) is 6.36. The number of amides is 1. The van der Waals surface area contributed by atoms with E-state index in [4.69, 9.17) is 4.74 Å². The van der Waals surface area contributed by atoms with Gasteiger partial charge in [0.1, 0.15) is 29.0 Å². The van der Waals surface area contributed by atoms with Crippen LogP contribution in [0.4, 0.5) is 17.2 Å². The number of fused-ring (bicyclic) bond motifs is 1. The van der Waals surface area contributed by atoms with Crippen molar-refractivity contribution < 1.29 is 9.53 Å². The van der Waals surface area contributed by atoms with Gasteiger partial charge in [0, 0.05) is 35.2 Å². The Morgan fingerprint density at radius 2 is 1.94 bits per heavy atom. The van der Waals surface area contributed by atoms with E-state index in [-0.39, 0.29) is 5.91 Å². The number of nitrogens with zero attached hydrogens (tertiary/aromatic N) is 5. The number of hydrogen-bond donors (Lipinski definition) is 3. The fourth-order valence-electron chi connectivity index (χ4n) is 4.08. The van der Waals surface area contributed by atoms with Crippen molar-refractivity contribution in [2.75, 3.05) is 23.8 Å². The SMILES string of the molecule is Cc1ccc(NC(=O)c2cc(C3COC3)ccn2)cc1Nc1ncccc1-c1ncnc2nc[nH]c12. The molecular weight excluding hydrogens is 456 g/mol. The molecule has 0 atom stereocenters. The lowest BCUT2D eigenvalue weighted by Crippen LogP contribution is -2.25. The number of carbonyl (C=O) groups is 1. The van der Waals surface area contributed by atoms with Crippen molar-refractivity contribution in [3.05, 3.63) is 84.3 Å². The van der Waals surface area contributed by atoms with E-state index in [1.807, 2.05) is 49.4 Å². The number of benzene rings is 1. The molecule has 0 bridgehead atoms. The molecule has 3 N–H and O–H groups in total. The average molecular weight is 479 g/mol. The van der Waals surface area contributed by atoms with Crippen molar-refractivity contribution in [1.82, 2.24) is 29.9 Å². The van der Waals surface area contributed by atoms with Crippen LogP contribution < -0.4 is 10.6 Å². The molecule has 6 rings (SSSR count). The second-order valence-corrected chi connectivity index (χ2v) is 8.54. The van der Waals surface area contributed by atoms with Crippen LogP contribution in [0, 0.1) is 6.92 Å². The van der Waals surface area contributed by atoms with E-state index in [1.54, 1.807) is 18.7 Å². The largest absolute Gasteiger partial charge is 0.380 e. The molecular formula is C26H22N8O2. The molecule has 0 unspecified atom stereocenters. The number of H-pyrrole nitrogens is 1. The van der Waals surface area contributed by atoms with Gasteiger partial charge >= 0.3 is 0 Å². The van der Waals surface area contributed by atoms with Gasteiger partial charge in [-0.2, -0.15) is 0 Å². The molecule has 0 saturated carbocycles. The number of aromatic amines is 1. The van der Waals surface area contributed by atoms with Crippen LogP contribution in [-0.4, -0.2) is 49.0 Å². The number of imidazole rings is 1. The second-order valence-electron chi connectivity index (χ2n) is 8.54. The average Bonchev–Trinajstić information content (AvgIpc) is 3.35. The summed E-state index contributed by atoms with van der Waals surface area (Å²) in [5.74, 6) is 0.670. The minimum absolute atomic E-state index is 0.270. The highest BCUT2D eigenvalue weighted by Crippen LogP contribution is 2.32. The standard InChI is InChI=1S/C26H22N8O2/c1-15-4-5-18(33-26(35)21-9-16(6-8-27-21)17-11-36-12-17)10-20(15)34-24-19(3-2-7-28-24)22-23-25(31-13-29-22)32-14-30-23/h2-10,13-14,17H,11-12H2,1H3,(H,28,34)(H,33,35)(H,29,30,31,32). The summed E-state index contributed by atoms with van der Waals surface area (Å²) >= 11 is 0. The first kappa shape index (κ1) is 21.8. The summed E-state index contributed by atoms with van der Waals surface area (Å²) in [4.78, 5) is 37.7. The van der Waals surface area contributed by atoms with E-state index in [0.717, 1.165) is 27.9 Å². The lowest BCUT2D eigenvalue weighted by Gasteiger charge is -2.26. The first-order valence-electron chi connectivity index (χ1n) is 11.5. The van der Waals surface area contributed by atoms with Crippen LogP contribution in [0.25, 0.3) is 22.4 Å². The molecule has 5 aromatic rings. The van der Waals surface area contributed by atoms with E-state index < -0.39 is 0 Å². The molecule has 36 heavy (non-hydrogen) atoms. The van der Waals surface area contributed by atoms with Gasteiger partial charge < -0.3 is 20.4 Å². The van der Waals surface area contributed by atoms with E-state index in [1.165, 1.54) is 6.33 Å². The third-order valence-corrected chi connectivity index (χ3v) is 6.16. The Morgan fingerprint density at radius 1 is 1.03 bits per heavy atom. The molecule has 1 fully saturated rings. The van der Waals surface area contributed by atoms with Crippen LogP contribution in [0.15, 0.2) is 67.5 Å². The van der Waals surface area contributed by atoms with Crippen molar-refractivity contribution >= 4 is 34.3 Å². The van der Waals surface area contributed by atoms with Crippen LogP contribution in [0.5, 0.6) is 0 Å². The quantitative estimate of drug-likeness (QED) is 0.331. The third-order valence-electron chi connectivity index (χ3n) is 6.16. The molecule has 1 aromatic carbocycles. The predicted molar refractivity (Wildman–Crippen MR) is 135 cm³/mol. The summed E-state index contributed by atoms with van der Waals surface area (Å²) in [6.07, 6.45) is 6.45. The van der Waals surface area contributed by atoms with Gasteiger partial charge in [0.15, 0.2) is 5.65 Å². The Bertz CT molecular complexity index is 1580. The van der Waals surface area contributed by atoms with Crippen LogP contribution in [0.1, 0.15) is 27.5 Å². The van der Waals surface area contributed by atoms with Crippen LogP contribution >= 0.6 is 0 Å². The number of aromatic nitrogens is 6. The molecule has 178 valence electrons. The zero-order valence-electron chi connectivity index (χ0n) is 19.4. The number of hydrogen-bond acceptors (Lipinski definition) is 8. The summed E-state index contributed by atoms with van der Waals surface area (Å²) in [7, 11) is 0. The smallest absolute Gasteiger partial charge is 0.274 e. The zero-order valence-corrected chi connectivity index (χ0v) is 19.4. The molecule has 10 heteroatoms. The highest BCUT2D eigenvalue weighted by atomic mass is 16.5. The molecule has 0 radical (unpaired) electrons. The fraction of sp³-hybridized carbons (Fsp3) is 0.154. The molecule has 1 aliphatic heterocycles. The van der Waals surface area contributed by atoms with Gasteiger partial charge in [-0.25, -0.2) is 19.9 Å². The zero-order chi connectivity index (χ0) is 24.5. The second kappa shape index (κ2) is 9.16. The van der Waals surface area contributed by atoms with Gasteiger partial charge in [0.05, 0.1) is 19.5 Å². The number of aryl methyl sites for hydroxylation is 1. The van der Waals surface area contributed by atoms with Crippen molar-refractivity contribution in [1.29, 1.82) is 0 Å². The van der Waals surface area contributed by atoms with Crippen LogP contribution in [0.3, 0.4) is 0 Å². The highest BCUT2D eigenvalue weighted by molar-refractivity contribution is 6.03. The van der Waals surface area contributed by atoms with E-state index in [0.29, 0.717) is 47.7 Å². The maximum Gasteiger partial charge on any atom is 0.274 e. The number of anilines is 3. The summed E-state index contributed by atoms with van der Waals surface area (Å²) < 4.78 is 5.27. The molecule has 5 heterocycles. The summed E-state index contributed by atoms with van der Waals surface area (Å²) in [6.45, 7) is 3.34. The van der Waals surface area contributed by atoms with Gasteiger partial charge in [-0.15, -0.1) is 0 Å². The van der Waals surface area contributed by atoms with Crippen molar-refractivity contribution in [3.8, 4) is 11.3 Å². The number of nitrogens with one attached hydrogen (secondary N) is 3. The van der Waals surface area contributed by atoms with Crippen molar-refractivity contribution in [2.45, 2.75) is 12.8 Å². The maximum atomic E-state index is 12.9. The van der Waals surface area contributed by atoms with Gasteiger partial charge in [-0.1, -0.05) is 6.07 Å². The predicted octanol–water partition coefficient (Wildman–Crippen LogP) is 4.23. The summed E-state index contributed by atoms with van der Waals surface area (Å²) in [6, 6.07) is 13.2. The van der Waals surface area contributed by atoms with Crippen molar-refractivity contribution in [2.24, 2.45) is 0 Å². The minimum Gasteiger partial charge on any atom is -0.380 e. The minimum atomic E-state index is -0.270. The molecule has 4 aromatic heterocycles. The highest BCUT2D eigenvalue weighted by Gasteiger charge is 2.22. The Balaban J connectivity index is 1.27. The number of carbonyl (C=O) groups excluding carboxylic acids is 1. The van der Waals surface area contributed by atoms with E-state index in [2.05, 4.69) is 40.5 Å². The molecule has 1 amide bonds. The number of ether oxygens (including phenoxy) is 1. The first-order valence-corrected chi connectivity index (χ1v) is 11.5. The Kier molecular flexibility index (Phi) is 5.55. The number of rotatable bonds is 6. The molecule has 0 aliphatic carbocycles. The lowest BCUT2D eigenvalue weighted by molar-refractivity contribution is 0.00836. The summed E-state index contributed by atoms with van der Waals surface area (Å²) in [5.41, 5.74) is 6.66. The fourth-order valence-corrected chi connectivity index (χ4v) is 4.08. The normalized spacial score (nSPS) is 13.4. The van der Waals surface area contributed by atoms with Gasteiger partial charge in [0.2, 0.25) is 0 Å². The first-order chi connectivity index (χ1) is 17.7. The van der Waals surface area contributed by atoms with Crippen LogP contribution in [0.2, 0.25) is 0 Å². The third kappa shape index (κ3) is 4.14. The Hall–Kier alpha value is -4.70. The number of pyridine rings is 2. The molecule has 10 nitrogen and oxygen atoms in total. The van der Waals surface area contributed by atoms with Gasteiger partial charge in [-0.05, 0) is 54.4 Å². The topological polar surface area (TPSA) is 131 Å². The Labute approximate surface area is 206 Å². The van der Waals surface area contributed by atoms with E-state index >= 15 is 0 Å². The van der Waals surface area contributed by atoms with Gasteiger partial charge in [0.25, 0.3) is 5.91 Å². The monoisotopic (exact) mass is 478 g/mol. The van der Waals surface area contributed by atoms with Gasteiger partial charge in [-0.3, -0.25) is 9.78 Å². The molecule has 0 spiro atoms. The van der Waals surface area contributed by atoms with Crippen LogP contribution in [-0.2, 0) is 4.74 Å². The maximum absolute atomic E-state index is 12.9.